The van der Waals surface area contributed by atoms with Crippen LogP contribution in [-0.2, 0) is 42.9 Å². The zero-order valence-corrected chi connectivity index (χ0v) is 49.5. The van der Waals surface area contributed by atoms with Crippen LogP contribution in [0.25, 0.3) is 0 Å². The molecule has 0 aromatic rings. The highest BCUT2D eigenvalue weighted by Crippen LogP contribution is 2.27. The Morgan fingerprint density at radius 3 is 1.22 bits per heavy atom. The number of esters is 3. The van der Waals surface area contributed by atoms with Crippen molar-refractivity contribution in [2.75, 3.05) is 13.2 Å². The number of aliphatic carboxylic acids is 1. The van der Waals surface area contributed by atoms with Crippen LogP contribution in [0.1, 0.15) is 303 Å². The number of ether oxygens (including phenoxy) is 5. The topological polar surface area (TPSA) is 175 Å². The smallest absolute Gasteiger partial charge is 0.335 e. The van der Waals surface area contributed by atoms with E-state index in [-0.39, 0.29) is 25.9 Å². The molecule has 77 heavy (non-hydrogen) atoms. The Kier molecular flexibility index (Phi) is 50.1. The minimum Gasteiger partial charge on any atom is -0.479 e. The van der Waals surface area contributed by atoms with Crippen LogP contribution < -0.4 is 0 Å². The van der Waals surface area contributed by atoms with Crippen LogP contribution in [0.15, 0.2) is 36.5 Å². The van der Waals surface area contributed by atoms with Crippen molar-refractivity contribution in [2.45, 2.75) is 340 Å². The summed E-state index contributed by atoms with van der Waals surface area (Å²) in [5, 5.41) is 31.5. The minimum absolute atomic E-state index is 0.0648. The summed E-state index contributed by atoms with van der Waals surface area (Å²) < 4.78 is 28.5. The lowest BCUT2D eigenvalue weighted by atomic mass is 9.98. The molecule has 3 N–H and O–H groups in total. The monoisotopic (exact) mass is 1090 g/mol. The number of hydrogen-bond donors (Lipinski definition) is 3. The molecule has 448 valence electrons. The Labute approximate surface area is 470 Å². The Hall–Kier alpha value is -3.06. The van der Waals surface area contributed by atoms with Crippen molar-refractivity contribution >= 4 is 23.9 Å². The first kappa shape index (κ1) is 72.0. The van der Waals surface area contributed by atoms with Gasteiger partial charge in [0.1, 0.15) is 18.8 Å². The third-order valence-corrected chi connectivity index (χ3v) is 14.7. The van der Waals surface area contributed by atoms with E-state index in [1.54, 1.807) is 0 Å². The molecule has 12 heteroatoms. The maximum atomic E-state index is 13.2. The quantitative estimate of drug-likeness (QED) is 0.0228. The molecule has 0 bridgehead atoms. The lowest BCUT2D eigenvalue weighted by Gasteiger charge is -2.40. The molecule has 1 fully saturated rings. The number of carboxylic acids is 1. The maximum Gasteiger partial charge on any atom is 0.335 e. The molecule has 6 atom stereocenters. The lowest BCUT2D eigenvalue weighted by molar-refractivity contribution is -0.301. The van der Waals surface area contributed by atoms with Gasteiger partial charge >= 0.3 is 23.9 Å². The first-order valence-electron chi connectivity index (χ1n) is 32.0. The molecule has 6 unspecified atom stereocenters. The average molecular weight is 1090 g/mol. The summed E-state index contributed by atoms with van der Waals surface area (Å²) in [6.07, 6.45) is 51.0. The molecule has 12 nitrogen and oxygen atoms in total. The molecule has 0 saturated carbocycles. The van der Waals surface area contributed by atoms with Crippen LogP contribution in [0, 0.1) is 0 Å². The molecular weight excluding hydrogens is 973 g/mol. The summed E-state index contributed by atoms with van der Waals surface area (Å²) >= 11 is 0. The van der Waals surface area contributed by atoms with E-state index >= 15 is 0 Å². The number of aliphatic hydroxyl groups is 2. The number of carbonyl (C=O) groups is 4. The van der Waals surface area contributed by atoms with Crippen molar-refractivity contribution < 1.29 is 58.2 Å². The molecule has 0 spiro atoms. The Bertz CT molecular complexity index is 1480. The Morgan fingerprint density at radius 2 is 0.779 bits per heavy atom. The molecular formula is C65H116O12. The van der Waals surface area contributed by atoms with Gasteiger partial charge in [-0.3, -0.25) is 14.4 Å². The van der Waals surface area contributed by atoms with Gasteiger partial charge in [-0.15, -0.1) is 0 Å². The number of rotatable bonds is 55. The molecule has 1 rings (SSSR count). The largest absolute Gasteiger partial charge is 0.479 e. The van der Waals surface area contributed by atoms with Crippen molar-refractivity contribution in [2.24, 2.45) is 0 Å². The van der Waals surface area contributed by atoms with Crippen molar-refractivity contribution in [3.63, 3.8) is 0 Å². The Balaban J connectivity index is 2.64. The van der Waals surface area contributed by atoms with Gasteiger partial charge in [-0.05, 0) is 77.0 Å². The van der Waals surface area contributed by atoms with E-state index in [4.69, 9.17) is 23.7 Å². The van der Waals surface area contributed by atoms with E-state index in [0.29, 0.717) is 19.3 Å². The van der Waals surface area contributed by atoms with Crippen LogP contribution >= 0.6 is 0 Å². The van der Waals surface area contributed by atoms with Gasteiger partial charge in [-0.25, -0.2) is 4.79 Å². The summed E-state index contributed by atoms with van der Waals surface area (Å²) in [6.45, 7) is 5.98. The summed E-state index contributed by atoms with van der Waals surface area (Å²) in [4.78, 5) is 51.2. The van der Waals surface area contributed by atoms with E-state index in [1.165, 1.54) is 154 Å². The number of aliphatic hydroxyl groups excluding tert-OH is 2. The fourth-order valence-corrected chi connectivity index (χ4v) is 9.75. The summed E-state index contributed by atoms with van der Waals surface area (Å²) in [6, 6.07) is 0. The van der Waals surface area contributed by atoms with Gasteiger partial charge in [-0.2, -0.15) is 0 Å². The highest BCUT2D eigenvalue weighted by molar-refractivity contribution is 5.74. The normalized spacial score (nSPS) is 18.2. The first-order chi connectivity index (χ1) is 37.6. The van der Waals surface area contributed by atoms with E-state index < -0.39 is 67.3 Å². The third-order valence-electron chi connectivity index (χ3n) is 14.7. The second-order valence-electron chi connectivity index (χ2n) is 22.0. The maximum absolute atomic E-state index is 13.2. The number of allylic oxidation sites excluding steroid dienone is 6. The summed E-state index contributed by atoms with van der Waals surface area (Å²) in [7, 11) is 0. The van der Waals surface area contributed by atoms with E-state index in [1.807, 2.05) is 0 Å². The first-order valence-corrected chi connectivity index (χ1v) is 32.0. The number of hydrogen-bond acceptors (Lipinski definition) is 11. The molecule has 0 aromatic carbocycles. The second kappa shape index (κ2) is 53.6. The molecule has 1 aliphatic heterocycles. The SMILES string of the molecule is CCCCC/C=C\C/C=C\CCCCCCCCCCCC(=O)OCC(COC1OC(C(=O)O)C(O)C(O)C1OC(=O)CCCCCCCCCCCCCCCCC)OC(=O)CCCCCCC/C=C\CCCCCC. The summed E-state index contributed by atoms with van der Waals surface area (Å²) in [5.41, 5.74) is 0. The summed E-state index contributed by atoms with van der Waals surface area (Å²) in [5.74, 6) is -3.11. The predicted octanol–water partition coefficient (Wildman–Crippen LogP) is 16.8. The molecule has 1 heterocycles. The van der Waals surface area contributed by atoms with Crippen molar-refractivity contribution in [1.82, 2.24) is 0 Å². The van der Waals surface area contributed by atoms with E-state index in [2.05, 4.69) is 57.2 Å². The van der Waals surface area contributed by atoms with Crippen LogP contribution in [-0.4, -0.2) is 89.2 Å². The number of unbranched alkanes of at least 4 members (excludes halogenated alkanes) is 35. The Morgan fingerprint density at radius 1 is 0.429 bits per heavy atom. The number of carboxylic acid groups (broad SMARTS) is 1. The second-order valence-corrected chi connectivity index (χ2v) is 22.0. The van der Waals surface area contributed by atoms with E-state index in [9.17, 15) is 34.5 Å². The van der Waals surface area contributed by atoms with Gasteiger partial charge in [0.15, 0.2) is 24.6 Å². The van der Waals surface area contributed by atoms with Gasteiger partial charge in [-0.1, -0.05) is 243 Å². The zero-order chi connectivity index (χ0) is 56.1. The number of carbonyl (C=O) groups excluding carboxylic acids is 3. The third kappa shape index (κ3) is 43.4. The van der Waals surface area contributed by atoms with Gasteiger partial charge in [0.05, 0.1) is 6.61 Å². The standard InChI is InChI=1S/C65H116O12/c1-4-7-10-13-16-19-22-25-27-28-29-30-32-34-36-39-42-45-48-51-57(66)73-54-56(75-58(67)52-49-46-43-40-37-33-24-21-18-15-12-9-6-3)55-74-65-63(61(70)60(69)62(77-65)64(71)72)76-59(68)53-50-47-44-41-38-35-31-26-23-20-17-14-11-8-5-2/h16,19,21,24-25,27,56,60-63,65,69-70H,4-15,17-18,20,22-23,26,28-55H2,1-3H3,(H,71,72)/b19-16-,24-21-,27-25-. The molecule has 0 amide bonds. The van der Waals surface area contributed by atoms with Gasteiger partial charge in [0, 0.05) is 19.3 Å². The lowest BCUT2D eigenvalue weighted by Crippen LogP contribution is -2.61. The van der Waals surface area contributed by atoms with Crippen LogP contribution in [0.4, 0.5) is 0 Å². The van der Waals surface area contributed by atoms with Gasteiger partial charge in [0.2, 0.25) is 0 Å². The fraction of sp³-hybridized carbons (Fsp3) is 0.846. The molecule has 1 aliphatic rings. The van der Waals surface area contributed by atoms with Crippen molar-refractivity contribution in [3.05, 3.63) is 36.5 Å². The van der Waals surface area contributed by atoms with Gasteiger partial charge in [0.25, 0.3) is 0 Å². The predicted molar refractivity (Wildman–Crippen MR) is 313 cm³/mol. The van der Waals surface area contributed by atoms with E-state index in [0.717, 1.165) is 89.9 Å². The zero-order valence-electron chi connectivity index (χ0n) is 49.5. The fourth-order valence-electron chi connectivity index (χ4n) is 9.75. The van der Waals surface area contributed by atoms with Gasteiger partial charge < -0.3 is 39.0 Å². The highest BCUT2D eigenvalue weighted by atomic mass is 16.7. The van der Waals surface area contributed by atoms with Crippen LogP contribution in [0.5, 0.6) is 0 Å². The van der Waals surface area contributed by atoms with Crippen molar-refractivity contribution in [3.8, 4) is 0 Å². The molecule has 0 aromatic heterocycles. The van der Waals surface area contributed by atoms with Crippen LogP contribution in [0.2, 0.25) is 0 Å². The van der Waals surface area contributed by atoms with Crippen LogP contribution in [0.3, 0.4) is 0 Å². The average Bonchev–Trinajstić information content (AvgIpc) is 3.42. The molecule has 0 aliphatic carbocycles. The highest BCUT2D eigenvalue weighted by Gasteiger charge is 2.50. The molecule has 1 saturated heterocycles. The van der Waals surface area contributed by atoms with Crippen molar-refractivity contribution in [1.29, 1.82) is 0 Å². The minimum atomic E-state index is -1.90. The molecule has 0 radical (unpaired) electrons.